The van der Waals surface area contributed by atoms with Crippen molar-refractivity contribution in [1.29, 1.82) is 0 Å². The zero-order valence-corrected chi connectivity index (χ0v) is 13.5. The number of hydrogen-bond acceptors (Lipinski definition) is 3. The van der Waals surface area contributed by atoms with E-state index in [0.717, 1.165) is 29.7 Å². The average molecular weight is 294 g/mol. The molecule has 0 aliphatic rings. The third-order valence-corrected chi connectivity index (χ3v) is 4.19. The normalized spacial score (nSPS) is 12.5. The zero-order valence-electron chi connectivity index (χ0n) is 12.7. The Morgan fingerprint density at radius 2 is 2.00 bits per heavy atom. The first kappa shape index (κ1) is 15.4. The number of hydrogen-bond donors (Lipinski definition) is 1. The minimum absolute atomic E-state index is 0.159. The summed E-state index contributed by atoms with van der Waals surface area (Å²) in [5.74, 6) is -0.159. The van der Waals surface area contributed by atoms with E-state index >= 15 is 0 Å². The first-order chi connectivity index (χ1) is 9.33. The van der Waals surface area contributed by atoms with Gasteiger partial charge in [-0.2, -0.15) is 0 Å². The monoisotopic (exact) mass is 294 g/mol. The van der Waals surface area contributed by atoms with Crippen LogP contribution in [-0.2, 0) is 6.54 Å². The lowest BCUT2D eigenvalue weighted by Gasteiger charge is -2.23. The average Bonchev–Trinajstić information content (AvgIpc) is 2.68. The number of fused-ring (bicyclic) bond motifs is 1. The van der Waals surface area contributed by atoms with Gasteiger partial charge >= 0.3 is 0 Å². The highest BCUT2D eigenvalue weighted by Crippen LogP contribution is 2.27. The van der Waals surface area contributed by atoms with Crippen LogP contribution in [0, 0.1) is 5.82 Å². The molecule has 0 aliphatic carbocycles. The van der Waals surface area contributed by atoms with E-state index in [1.807, 2.05) is 6.07 Å². The van der Waals surface area contributed by atoms with Crippen LogP contribution in [0.25, 0.3) is 10.1 Å². The van der Waals surface area contributed by atoms with Gasteiger partial charge in [-0.1, -0.05) is 6.07 Å². The molecule has 0 saturated carbocycles. The summed E-state index contributed by atoms with van der Waals surface area (Å²) in [6.07, 6.45) is 0. The van der Waals surface area contributed by atoms with Crippen LogP contribution < -0.4 is 5.32 Å². The second-order valence-corrected chi connectivity index (χ2v) is 7.48. The van der Waals surface area contributed by atoms with Gasteiger partial charge in [0, 0.05) is 34.8 Å². The van der Waals surface area contributed by atoms with Crippen LogP contribution in [0.1, 0.15) is 25.6 Å². The smallest absolute Gasteiger partial charge is 0.124 e. The summed E-state index contributed by atoms with van der Waals surface area (Å²) >= 11 is 1.68. The molecule has 4 heteroatoms. The van der Waals surface area contributed by atoms with E-state index in [0.29, 0.717) is 0 Å². The Morgan fingerprint density at radius 3 is 2.70 bits per heavy atom. The Morgan fingerprint density at radius 1 is 1.25 bits per heavy atom. The third kappa shape index (κ3) is 4.54. The Balaban J connectivity index is 1.91. The van der Waals surface area contributed by atoms with Crippen LogP contribution >= 0.6 is 11.3 Å². The van der Waals surface area contributed by atoms with Gasteiger partial charge in [-0.3, -0.25) is 0 Å². The molecule has 0 atom stereocenters. The predicted octanol–water partition coefficient (Wildman–Crippen LogP) is 3.86. The van der Waals surface area contributed by atoms with E-state index < -0.39 is 0 Å². The number of rotatable bonds is 5. The largest absolute Gasteiger partial charge is 0.311 e. The van der Waals surface area contributed by atoms with Crippen LogP contribution in [0.15, 0.2) is 24.3 Å². The lowest BCUT2D eigenvalue weighted by atomic mass is 10.1. The van der Waals surface area contributed by atoms with Crippen LogP contribution in [0.5, 0.6) is 0 Å². The molecule has 2 aromatic rings. The molecule has 1 N–H and O–H groups in total. The fourth-order valence-electron chi connectivity index (χ4n) is 2.10. The van der Waals surface area contributed by atoms with Crippen LogP contribution in [0.4, 0.5) is 4.39 Å². The fraction of sp³-hybridized carbons (Fsp3) is 0.500. The molecule has 1 aromatic carbocycles. The molecule has 0 bridgehead atoms. The van der Waals surface area contributed by atoms with Crippen molar-refractivity contribution in [2.75, 3.05) is 20.1 Å². The number of nitrogens with zero attached hydrogens (tertiary/aromatic N) is 1. The molecule has 0 fully saturated rings. The number of halogens is 1. The van der Waals surface area contributed by atoms with Crippen molar-refractivity contribution in [3.05, 3.63) is 35.0 Å². The van der Waals surface area contributed by atoms with Crippen molar-refractivity contribution in [3.63, 3.8) is 0 Å². The molecule has 0 aliphatic heterocycles. The maximum atomic E-state index is 13.2. The summed E-state index contributed by atoms with van der Waals surface area (Å²) in [4.78, 5) is 3.57. The molecule has 2 nitrogen and oxygen atoms in total. The quantitative estimate of drug-likeness (QED) is 0.901. The summed E-state index contributed by atoms with van der Waals surface area (Å²) in [5, 5.41) is 4.62. The van der Waals surface area contributed by atoms with Gasteiger partial charge in [0.05, 0.1) is 0 Å². The number of nitrogens with one attached hydrogen (secondary N) is 1. The molecule has 0 spiro atoms. The summed E-state index contributed by atoms with van der Waals surface area (Å²) in [6.45, 7) is 9.40. The van der Waals surface area contributed by atoms with E-state index in [1.54, 1.807) is 17.4 Å². The first-order valence-corrected chi connectivity index (χ1v) is 7.77. The topological polar surface area (TPSA) is 15.3 Å². The standard InChI is InChI=1S/C16H23FN2S/c1-16(2,3)18-7-8-19(4)11-14-9-12-5-6-13(17)10-15(12)20-14/h5-6,9-10,18H,7-8,11H2,1-4H3. The van der Waals surface area contributed by atoms with E-state index in [2.05, 4.69) is 44.1 Å². The molecular weight excluding hydrogens is 271 g/mol. The summed E-state index contributed by atoms with van der Waals surface area (Å²) in [5.41, 5.74) is 0.163. The predicted molar refractivity (Wildman–Crippen MR) is 85.9 cm³/mol. The summed E-state index contributed by atoms with van der Waals surface area (Å²) < 4.78 is 14.2. The van der Waals surface area contributed by atoms with E-state index in [-0.39, 0.29) is 11.4 Å². The van der Waals surface area contributed by atoms with Gasteiger partial charge in [0.15, 0.2) is 0 Å². The van der Waals surface area contributed by atoms with E-state index in [9.17, 15) is 4.39 Å². The number of thiophene rings is 1. The van der Waals surface area contributed by atoms with Gasteiger partial charge in [0.25, 0.3) is 0 Å². The van der Waals surface area contributed by atoms with Gasteiger partial charge in [0.1, 0.15) is 5.82 Å². The highest BCUT2D eigenvalue weighted by Gasteiger charge is 2.09. The zero-order chi connectivity index (χ0) is 14.8. The molecule has 0 radical (unpaired) electrons. The second kappa shape index (κ2) is 6.20. The van der Waals surface area contributed by atoms with Crippen molar-refractivity contribution < 1.29 is 4.39 Å². The lowest BCUT2D eigenvalue weighted by molar-refractivity contribution is 0.305. The Labute approximate surface area is 124 Å². The molecule has 0 amide bonds. The number of benzene rings is 1. The molecule has 2 rings (SSSR count). The van der Waals surface area contributed by atoms with E-state index in [1.165, 1.54) is 10.9 Å². The van der Waals surface area contributed by atoms with Gasteiger partial charge in [-0.15, -0.1) is 11.3 Å². The summed E-state index contributed by atoms with van der Waals surface area (Å²) in [7, 11) is 2.12. The Hall–Kier alpha value is -0.970. The Bertz CT molecular complexity index is 571. The number of likely N-dealkylation sites (N-methyl/N-ethyl adjacent to an activating group) is 1. The molecule has 1 aromatic heterocycles. The summed E-state index contributed by atoms with van der Waals surface area (Å²) in [6, 6.07) is 7.15. The van der Waals surface area contributed by atoms with Crippen molar-refractivity contribution in [3.8, 4) is 0 Å². The molecule has 1 heterocycles. The molecule has 0 unspecified atom stereocenters. The van der Waals surface area contributed by atoms with Crippen LogP contribution in [0.2, 0.25) is 0 Å². The third-order valence-electron chi connectivity index (χ3n) is 3.11. The minimum Gasteiger partial charge on any atom is -0.311 e. The van der Waals surface area contributed by atoms with Crippen molar-refractivity contribution >= 4 is 21.4 Å². The highest BCUT2D eigenvalue weighted by molar-refractivity contribution is 7.19. The van der Waals surface area contributed by atoms with Gasteiger partial charge < -0.3 is 10.2 Å². The Kier molecular flexibility index (Phi) is 4.78. The minimum atomic E-state index is -0.159. The maximum absolute atomic E-state index is 13.2. The highest BCUT2D eigenvalue weighted by atomic mass is 32.1. The lowest BCUT2D eigenvalue weighted by Crippen LogP contribution is -2.40. The van der Waals surface area contributed by atoms with Crippen LogP contribution in [0.3, 0.4) is 0 Å². The maximum Gasteiger partial charge on any atom is 0.124 e. The second-order valence-electron chi connectivity index (χ2n) is 6.31. The van der Waals surface area contributed by atoms with Gasteiger partial charge in [-0.05, 0) is 51.4 Å². The molecule has 110 valence electrons. The SMILES string of the molecule is CN(CCNC(C)(C)C)Cc1cc2ccc(F)cc2s1. The fourth-order valence-corrected chi connectivity index (χ4v) is 3.27. The van der Waals surface area contributed by atoms with E-state index in [4.69, 9.17) is 0 Å². The van der Waals surface area contributed by atoms with Crippen molar-refractivity contribution in [2.45, 2.75) is 32.9 Å². The van der Waals surface area contributed by atoms with Gasteiger partial charge in [-0.25, -0.2) is 4.39 Å². The molecule has 20 heavy (non-hydrogen) atoms. The van der Waals surface area contributed by atoms with Gasteiger partial charge in [0.2, 0.25) is 0 Å². The molecular formula is C16H23FN2S. The van der Waals surface area contributed by atoms with Crippen molar-refractivity contribution in [1.82, 2.24) is 10.2 Å². The first-order valence-electron chi connectivity index (χ1n) is 6.95. The molecule has 0 saturated heterocycles. The van der Waals surface area contributed by atoms with Crippen LogP contribution in [-0.4, -0.2) is 30.6 Å². The van der Waals surface area contributed by atoms with Crippen molar-refractivity contribution in [2.24, 2.45) is 0 Å².